The molecule has 0 N–H and O–H groups in total. The van der Waals surface area contributed by atoms with Crippen molar-refractivity contribution in [2.45, 2.75) is 110 Å². The molecule has 0 amide bonds. The highest BCUT2D eigenvalue weighted by Crippen LogP contribution is 2.13. The second kappa shape index (κ2) is 50.0. The molecule has 0 fully saturated rings. The molecule has 0 aliphatic heterocycles. The van der Waals surface area contributed by atoms with E-state index < -0.39 is 0 Å². The maximum absolute atomic E-state index is 11.2. The Morgan fingerprint density at radius 2 is 0.500 bits per heavy atom. The van der Waals surface area contributed by atoms with Crippen molar-refractivity contribution in [1.29, 1.82) is 0 Å². The Morgan fingerprint density at radius 3 is 0.759 bits per heavy atom. The molecule has 0 saturated heterocycles. The number of ether oxygens (including phenoxy) is 12. The first-order valence-corrected chi connectivity index (χ1v) is 21.3. The minimum atomic E-state index is -0.248. The van der Waals surface area contributed by atoms with E-state index in [2.05, 4.69) is 6.92 Å². The maximum Gasteiger partial charge on any atom is 0.308 e. The lowest BCUT2D eigenvalue weighted by Crippen LogP contribution is -2.15. The van der Waals surface area contributed by atoms with E-state index in [0.717, 1.165) is 13.0 Å². The molecule has 0 aromatic carbocycles. The summed E-state index contributed by atoms with van der Waals surface area (Å²) in [7, 11) is 0. The minimum Gasteiger partial charge on any atom is -0.466 e. The Balaban J connectivity index is 3.06. The maximum atomic E-state index is 11.2. The molecule has 0 spiro atoms. The Morgan fingerprint density at radius 1 is 0.278 bits per heavy atom. The molecule has 0 aromatic rings. The summed E-state index contributed by atoms with van der Waals surface area (Å²) in [5.74, 6) is -0.248. The van der Waals surface area contributed by atoms with Gasteiger partial charge in [0.15, 0.2) is 0 Å². The van der Waals surface area contributed by atoms with Gasteiger partial charge in [-0.15, -0.1) is 0 Å². The van der Waals surface area contributed by atoms with Gasteiger partial charge in [0.1, 0.15) is 0 Å². The molecular weight excluding hydrogens is 700 g/mol. The van der Waals surface area contributed by atoms with E-state index in [9.17, 15) is 4.79 Å². The third kappa shape index (κ3) is 49.0. The Kier molecular flexibility index (Phi) is 49.2. The number of hydrogen-bond donors (Lipinski definition) is 0. The standard InChI is InChI=1S/C41H82O13/c1-3-5-6-7-8-9-10-11-12-13-14-15-16-17-19-43-21-23-45-25-27-47-29-31-49-33-35-51-37-39-53-40-38-52-36-34-50-32-30-48-28-26-46-24-22-44-20-18-41(42)54-4-2/h3-40H2,1-2H3. The quantitative estimate of drug-likeness (QED) is 0.0486. The molecule has 0 unspecified atom stereocenters. The Hall–Kier alpha value is -0.970. The molecule has 0 atom stereocenters. The summed E-state index contributed by atoms with van der Waals surface area (Å²) >= 11 is 0. The summed E-state index contributed by atoms with van der Waals surface area (Å²) in [5.41, 5.74) is 0. The lowest BCUT2D eigenvalue weighted by Gasteiger charge is -2.09. The zero-order chi connectivity index (χ0) is 38.9. The molecule has 0 saturated carbocycles. The van der Waals surface area contributed by atoms with Gasteiger partial charge in [-0.05, 0) is 13.3 Å². The van der Waals surface area contributed by atoms with E-state index in [4.69, 9.17) is 56.8 Å². The summed E-state index contributed by atoms with van der Waals surface area (Å²) in [6.45, 7) is 16.0. The lowest BCUT2D eigenvalue weighted by molar-refractivity contribution is -0.144. The molecule has 324 valence electrons. The number of unbranched alkanes of at least 4 members (excludes halogenated alkanes) is 13. The van der Waals surface area contributed by atoms with Crippen molar-refractivity contribution in [3.05, 3.63) is 0 Å². The van der Waals surface area contributed by atoms with Crippen molar-refractivity contribution in [2.75, 3.05) is 152 Å². The van der Waals surface area contributed by atoms with Crippen molar-refractivity contribution in [3.8, 4) is 0 Å². The first-order chi connectivity index (χ1) is 26.8. The summed E-state index contributed by atoms with van der Waals surface area (Å²) in [6, 6.07) is 0. The molecule has 0 aromatic heterocycles. The molecule has 13 heteroatoms. The number of carbonyl (C=O) groups is 1. The monoisotopic (exact) mass is 783 g/mol. The molecule has 0 rings (SSSR count). The van der Waals surface area contributed by atoms with Crippen LogP contribution in [0.3, 0.4) is 0 Å². The predicted molar refractivity (Wildman–Crippen MR) is 211 cm³/mol. The third-order valence-electron chi connectivity index (χ3n) is 8.12. The SMILES string of the molecule is CCCCCCCCCCCCCCCCOCCOCCOCCOCCOCCOCCOCCOCCOCCOCCOCCC(=O)OCC. The predicted octanol–water partition coefficient (Wildman–Crippen LogP) is 6.60. The lowest BCUT2D eigenvalue weighted by atomic mass is 10.0. The zero-order valence-electron chi connectivity index (χ0n) is 34.7. The van der Waals surface area contributed by atoms with Crippen LogP contribution in [0.4, 0.5) is 0 Å². The van der Waals surface area contributed by atoms with Crippen LogP contribution in [0, 0.1) is 0 Å². The molecular formula is C41H82O13. The molecule has 0 bridgehead atoms. The fourth-order valence-electron chi connectivity index (χ4n) is 5.09. The summed E-state index contributed by atoms with van der Waals surface area (Å²) in [5, 5.41) is 0. The number of esters is 1. The van der Waals surface area contributed by atoms with Crippen LogP contribution in [0.2, 0.25) is 0 Å². The third-order valence-corrected chi connectivity index (χ3v) is 8.12. The van der Waals surface area contributed by atoms with Gasteiger partial charge >= 0.3 is 5.97 Å². The molecule has 0 radical (unpaired) electrons. The molecule has 0 heterocycles. The van der Waals surface area contributed by atoms with E-state index in [1.54, 1.807) is 6.92 Å². The van der Waals surface area contributed by atoms with E-state index in [-0.39, 0.29) is 12.4 Å². The van der Waals surface area contributed by atoms with Crippen LogP contribution in [0.25, 0.3) is 0 Å². The van der Waals surface area contributed by atoms with Crippen LogP contribution in [0.15, 0.2) is 0 Å². The van der Waals surface area contributed by atoms with E-state index in [0.29, 0.717) is 145 Å². The van der Waals surface area contributed by atoms with E-state index in [1.165, 1.54) is 83.5 Å². The first kappa shape index (κ1) is 53.0. The second-order valence-corrected chi connectivity index (χ2v) is 12.9. The van der Waals surface area contributed by atoms with Gasteiger partial charge in [0.25, 0.3) is 0 Å². The van der Waals surface area contributed by atoms with Gasteiger partial charge in [-0.1, -0.05) is 90.4 Å². The van der Waals surface area contributed by atoms with Crippen molar-refractivity contribution < 1.29 is 61.6 Å². The summed E-state index contributed by atoms with van der Waals surface area (Å²) < 4.78 is 65.3. The average Bonchev–Trinajstić information content (AvgIpc) is 3.17. The van der Waals surface area contributed by atoms with Crippen LogP contribution in [-0.2, 0) is 61.6 Å². The largest absolute Gasteiger partial charge is 0.466 e. The van der Waals surface area contributed by atoms with Crippen molar-refractivity contribution in [1.82, 2.24) is 0 Å². The number of hydrogen-bond acceptors (Lipinski definition) is 13. The van der Waals surface area contributed by atoms with Gasteiger partial charge < -0.3 is 56.8 Å². The Labute approximate surface area is 329 Å². The summed E-state index contributed by atoms with van der Waals surface area (Å²) in [6.07, 6.45) is 19.5. The second-order valence-electron chi connectivity index (χ2n) is 12.9. The number of rotatable bonds is 49. The van der Waals surface area contributed by atoms with Gasteiger partial charge in [-0.2, -0.15) is 0 Å². The normalized spacial score (nSPS) is 11.5. The van der Waals surface area contributed by atoms with Gasteiger partial charge in [-0.3, -0.25) is 4.79 Å². The minimum absolute atomic E-state index is 0.248. The molecule has 0 aliphatic rings. The molecule has 13 nitrogen and oxygen atoms in total. The van der Waals surface area contributed by atoms with Crippen molar-refractivity contribution in [2.24, 2.45) is 0 Å². The zero-order valence-corrected chi connectivity index (χ0v) is 34.7. The van der Waals surface area contributed by atoms with Crippen molar-refractivity contribution >= 4 is 5.97 Å². The highest BCUT2D eigenvalue weighted by Gasteiger charge is 2.01. The van der Waals surface area contributed by atoms with E-state index in [1.807, 2.05) is 0 Å². The van der Waals surface area contributed by atoms with Gasteiger partial charge in [0, 0.05) is 6.61 Å². The van der Waals surface area contributed by atoms with Crippen LogP contribution < -0.4 is 0 Å². The van der Waals surface area contributed by atoms with Gasteiger partial charge in [0.05, 0.1) is 152 Å². The van der Waals surface area contributed by atoms with Crippen LogP contribution in [0.5, 0.6) is 0 Å². The number of carbonyl (C=O) groups excluding carboxylic acids is 1. The van der Waals surface area contributed by atoms with Crippen LogP contribution >= 0.6 is 0 Å². The first-order valence-electron chi connectivity index (χ1n) is 21.3. The van der Waals surface area contributed by atoms with Crippen LogP contribution in [0.1, 0.15) is 110 Å². The highest BCUT2D eigenvalue weighted by molar-refractivity contribution is 5.69. The van der Waals surface area contributed by atoms with E-state index >= 15 is 0 Å². The smallest absolute Gasteiger partial charge is 0.308 e. The fraction of sp³-hybridized carbons (Fsp3) is 0.976. The molecule has 54 heavy (non-hydrogen) atoms. The van der Waals surface area contributed by atoms with Crippen molar-refractivity contribution in [3.63, 3.8) is 0 Å². The highest BCUT2D eigenvalue weighted by atomic mass is 16.6. The fourth-order valence-corrected chi connectivity index (χ4v) is 5.09. The molecule has 0 aliphatic carbocycles. The average molecular weight is 783 g/mol. The topological polar surface area (TPSA) is 128 Å². The van der Waals surface area contributed by atoms with Crippen LogP contribution in [-0.4, -0.2) is 158 Å². The van der Waals surface area contributed by atoms with Gasteiger partial charge in [0.2, 0.25) is 0 Å². The van der Waals surface area contributed by atoms with Gasteiger partial charge in [-0.25, -0.2) is 0 Å². The Bertz CT molecular complexity index is 689. The summed E-state index contributed by atoms with van der Waals surface area (Å²) in [4.78, 5) is 11.2.